The van der Waals surface area contributed by atoms with E-state index in [0.29, 0.717) is 0 Å². The largest absolute Gasteiger partial charge is 0.466 e. The highest BCUT2D eigenvalue weighted by atomic mass is 16.6. The van der Waals surface area contributed by atoms with Gasteiger partial charge in [-0.2, -0.15) is 0 Å². The molecule has 29 heavy (non-hydrogen) atoms. The number of benzene rings is 1. The molecule has 1 aliphatic heterocycles. The second-order valence-corrected chi connectivity index (χ2v) is 6.91. The summed E-state index contributed by atoms with van der Waals surface area (Å²) in [5.74, 6) is -2.54. The summed E-state index contributed by atoms with van der Waals surface area (Å²) in [4.78, 5) is 49.5. The van der Waals surface area contributed by atoms with E-state index in [1.165, 1.54) is 12.0 Å². The number of esters is 3. The van der Waals surface area contributed by atoms with Crippen molar-refractivity contribution in [2.24, 2.45) is 5.92 Å². The monoisotopic (exact) mass is 403 g/mol. The van der Waals surface area contributed by atoms with E-state index in [1.54, 1.807) is 13.8 Å². The second kappa shape index (κ2) is 10.4. The van der Waals surface area contributed by atoms with Crippen molar-refractivity contribution in [3.8, 4) is 0 Å². The van der Waals surface area contributed by atoms with Crippen LogP contribution in [0.2, 0.25) is 0 Å². The number of carbonyl (C=O) groups excluding carboxylic acids is 4. The van der Waals surface area contributed by atoms with E-state index in [9.17, 15) is 19.2 Å². The summed E-state index contributed by atoms with van der Waals surface area (Å²) in [6.07, 6.45) is 1.34. The van der Waals surface area contributed by atoms with Gasteiger partial charge < -0.3 is 19.1 Å². The van der Waals surface area contributed by atoms with Crippen LogP contribution in [-0.4, -0.2) is 54.5 Å². The first kappa shape index (κ1) is 22.1. The molecule has 0 radical (unpaired) electrons. The highest BCUT2D eigenvalue weighted by Gasteiger charge is 2.42. The predicted molar refractivity (Wildman–Crippen MR) is 102 cm³/mol. The molecular weight excluding hydrogens is 378 g/mol. The van der Waals surface area contributed by atoms with Crippen molar-refractivity contribution < 1.29 is 33.4 Å². The fraction of sp³-hybridized carbons (Fsp3) is 0.429. The Morgan fingerprint density at radius 1 is 1.10 bits per heavy atom. The van der Waals surface area contributed by atoms with Crippen molar-refractivity contribution in [1.82, 2.24) is 4.90 Å². The molecule has 1 saturated heterocycles. The lowest BCUT2D eigenvalue weighted by Crippen LogP contribution is -2.43. The van der Waals surface area contributed by atoms with Crippen molar-refractivity contribution >= 4 is 23.8 Å². The van der Waals surface area contributed by atoms with Crippen LogP contribution in [0.3, 0.4) is 0 Å². The summed E-state index contributed by atoms with van der Waals surface area (Å²) >= 11 is 0. The van der Waals surface area contributed by atoms with E-state index in [4.69, 9.17) is 9.47 Å². The van der Waals surface area contributed by atoms with Gasteiger partial charge in [-0.05, 0) is 5.56 Å². The summed E-state index contributed by atoms with van der Waals surface area (Å²) < 4.78 is 15.1. The number of hydrogen-bond acceptors (Lipinski definition) is 7. The molecule has 0 aromatic heterocycles. The molecule has 1 amide bonds. The van der Waals surface area contributed by atoms with Crippen LogP contribution in [0.4, 0.5) is 0 Å². The van der Waals surface area contributed by atoms with Gasteiger partial charge in [0.1, 0.15) is 18.8 Å². The van der Waals surface area contributed by atoms with Gasteiger partial charge >= 0.3 is 17.9 Å². The molecule has 0 N–H and O–H groups in total. The highest BCUT2D eigenvalue weighted by molar-refractivity contribution is 5.92. The quantitative estimate of drug-likeness (QED) is 0.388. The Balaban J connectivity index is 2.02. The van der Waals surface area contributed by atoms with Gasteiger partial charge in [0, 0.05) is 24.5 Å². The summed E-state index contributed by atoms with van der Waals surface area (Å²) in [7, 11) is 1.19. The number of rotatable bonds is 7. The van der Waals surface area contributed by atoms with Gasteiger partial charge in [-0.25, -0.2) is 14.4 Å². The van der Waals surface area contributed by atoms with Crippen molar-refractivity contribution in [1.29, 1.82) is 0 Å². The fourth-order valence-corrected chi connectivity index (χ4v) is 2.91. The zero-order valence-electron chi connectivity index (χ0n) is 16.7. The van der Waals surface area contributed by atoms with E-state index in [-0.39, 0.29) is 31.4 Å². The maximum absolute atomic E-state index is 12.6. The van der Waals surface area contributed by atoms with Crippen LogP contribution in [0.5, 0.6) is 0 Å². The summed E-state index contributed by atoms with van der Waals surface area (Å²) in [5.41, 5.74) is 0.830. The third-order valence-corrected chi connectivity index (χ3v) is 4.38. The normalized spacial score (nSPS) is 18.7. The standard InChI is InChI=1S/C21H25NO7/c1-14(2)20(25)22-12-16(29-19(24)10-9-18(23)27-3)11-17(22)21(26)28-13-15-7-5-4-6-8-15/h4-10,14,16-17H,11-13H2,1-3H3/b10-9+/t16-,17+/m1/s1. The van der Waals surface area contributed by atoms with Crippen LogP contribution in [0, 0.1) is 5.92 Å². The third kappa shape index (κ3) is 6.44. The van der Waals surface area contributed by atoms with E-state index >= 15 is 0 Å². The maximum Gasteiger partial charge on any atom is 0.331 e. The molecule has 8 nitrogen and oxygen atoms in total. The minimum Gasteiger partial charge on any atom is -0.466 e. The first-order valence-electron chi connectivity index (χ1n) is 9.29. The molecule has 1 heterocycles. The topological polar surface area (TPSA) is 99.2 Å². The van der Waals surface area contributed by atoms with E-state index in [2.05, 4.69) is 4.74 Å². The number of carbonyl (C=O) groups is 4. The van der Waals surface area contributed by atoms with Crippen LogP contribution in [-0.2, 0) is 40.0 Å². The summed E-state index contributed by atoms with van der Waals surface area (Å²) in [5, 5.41) is 0. The van der Waals surface area contributed by atoms with Gasteiger partial charge in [-0.15, -0.1) is 0 Å². The van der Waals surface area contributed by atoms with Gasteiger partial charge in [0.05, 0.1) is 13.7 Å². The third-order valence-electron chi connectivity index (χ3n) is 4.38. The second-order valence-electron chi connectivity index (χ2n) is 6.91. The number of ether oxygens (including phenoxy) is 3. The molecule has 2 atom stereocenters. The lowest BCUT2D eigenvalue weighted by Gasteiger charge is -2.24. The summed E-state index contributed by atoms with van der Waals surface area (Å²) in [6.45, 7) is 3.63. The molecule has 8 heteroatoms. The minimum atomic E-state index is -0.837. The van der Waals surface area contributed by atoms with Gasteiger partial charge in [0.25, 0.3) is 0 Å². The average molecular weight is 403 g/mol. The molecule has 1 aromatic rings. The van der Waals surface area contributed by atoms with Crippen LogP contribution < -0.4 is 0 Å². The lowest BCUT2D eigenvalue weighted by molar-refractivity contribution is -0.155. The van der Waals surface area contributed by atoms with E-state index in [0.717, 1.165) is 17.7 Å². The zero-order valence-corrected chi connectivity index (χ0v) is 16.7. The predicted octanol–water partition coefficient (Wildman–Crippen LogP) is 1.63. The Morgan fingerprint density at radius 2 is 1.76 bits per heavy atom. The molecular formula is C21H25NO7. The highest BCUT2D eigenvalue weighted by Crippen LogP contribution is 2.24. The lowest BCUT2D eigenvalue weighted by atomic mass is 10.1. The Morgan fingerprint density at radius 3 is 2.38 bits per heavy atom. The molecule has 156 valence electrons. The van der Waals surface area contributed by atoms with E-state index in [1.807, 2.05) is 30.3 Å². The van der Waals surface area contributed by atoms with Crippen molar-refractivity contribution in [3.05, 3.63) is 48.0 Å². The molecule has 0 aliphatic carbocycles. The Bertz CT molecular complexity index is 772. The van der Waals surface area contributed by atoms with Crippen LogP contribution >= 0.6 is 0 Å². The van der Waals surface area contributed by atoms with Gasteiger partial charge in [0.15, 0.2) is 0 Å². The Hall–Kier alpha value is -3.16. The number of amides is 1. The molecule has 0 unspecified atom stereocenters. The summed E-state index contributed by atoms with van der Waals surface area (Å²) in [6, 6.07) is 8.36. The average Bonchev–Trinajstić information content (AvgIpc) is 3.13. The van der Waals surface area contributed by atoms with Crippen molar-refractivity contribution in [2.45, 2.75) is 39.0 Å². The molecule has 1 aromatic carbocycles. The molecule has 0 bridgehead atoms. The number of methoxy groups -OCH3 is 1. The smallest absolute Gasteiger partial charge is 0.331 e. The van der Waals surface area contributed by atoms with Gasteiger partial charge in [-0.1, -0.05) is 44.2 Å². The number of hydrogen-bond donors (Lipinski definition) is 0. The number of nitrogens with zero attached hydrogens (tertiary/aromatic N) is 1. The zero-order chi connectivity index (χ0) is 21.4. The molecule has 1 aliphatic rings. The Labute approximate surface area is 169 Å². The van der Waals surface area contributed by atoms with Crippen LogP contribution in [0.25, 0.3) is 0 Å². The fourth-order valence-electron chi connectivity index (χ4n) is 2.91. The van der Waals surface area contributed by atoms with Crippen LogP contribution in [0.1, 0.15) is 25.8 Å². The van der Waals surface area contributed by atoms with Gasteiger partial charge in [0.2, 0.25) is 5.91 Å². The minimum absolute atomic E-state index is 0.0833. The number of likely N-dealkylation sites (tertiary alicyclic amines) is 1. The maximum atomic E-state index is 12.6. The SMILES string of the molecule is COC(=O)/C=C/C(=O)O[C@@H]1C[C@@H](C(=O)OCc2ccccc2)N(C(=O)C(C)C)C1. The van der Waals surface area contributed by atoms with Crippen LogP contribution in [0.15, 0.2) is 42.5 Å². The van der Waals surface area contributed by atoms with Crippen molar-refractivity contribution in [2.75, 3.05) is 13.7 Å². The Kier molecular flexibility index (Phi) is 7.94. The molecule has 1 fully saturated rings. The van der Waals surface area contributed by atoms with Crippen molar-refractivity contribution in [3.63, 3.8) is 0 Å². The molecule has 0 saturated carbocycles. The van der Waals surface area contributed by atoms with Gasteiger partial charge in [-0.3, -0.25) is 4.79 Å². The molecule has 2 rings (SSSR count). The first-order chi connectivity index (χ1) is 13.8. The first-order valence-corrected chi connectivity index (χ1v) is 9.29. The molecule has 0 spiro atoms. The van der Waals surface area contributed by atoms with E-state index < -0.39 is 30.1 Å².